The van der Waals surface area contributed by atoms with Crippen molar-refractivity contribution in [3.8, 4) is 28.2 Å². The number of fused-ring (bicyclic) bond motifs is 6. The summed E-state index contributed by atoms with van der Waals surface area (Å²) in [7, 11) is 2.04. The molecule has 0 N–H and O–H groups in total. The third-order valence-electron chi connectivity index (χ3n) is 10.9. The molecule has 0 fully saturated rings. The predicted octanol–water partition coefficient (Wildman–Crippen LogP) is 10.4. The van der Waals surface area contributed by atoms with Gasteiger partial charge < -0.3 is 4.90 Å². The lowest BCUT2D eigenvalue weighted by molar-refractivity contribution is 0.381. The quantitative estimate of drug-likeness (QED) is 0.181. The zero-order valence-electron chi connectivity index (χ0n) is 29.8. The molecule has 6 aromatic carbocycles. The highest BCUT2D eigenvalue weighted by Gasteiger charge is 2.36. The van der Waals surface area contributed by atoms with Crippen molar-refractivity contribution in [3.63, 3.8) is 0 Å². The fourth-order valence-corrected chi connectivity index (χ4v) is 8.25. The Morgan fingerprint density at radius 2 is 1.21 bits per heavy atom. The summed E-state index contributed by atoms with van der Waals surface area (Å²) in [5.74, 6) is 2.15. The minimum absolute atomic E-state index is 0.119. The predicted molar refractivity (Wildman–Crippen MR) is 216 cm³/mol. The number of para-hydroxylation sites is 1. The van der Waals surface area contributed by atoms with Crippen LogP contribution >= 0.6 is 0 Å². The summed E-state index contributed by atoms with van der Waals surface area (Å²) in [4.78, 5) is 22.6. The van der Waals surface area contributed by atoms with Crippen LogP contribution < -0.4 is 0 Å². The summed E-state index contributed by atoms with van der Waals surface area (Å²) in [6.45, 7) is 4.64. The van der Waals surface area contributed by atoms with Gasteiger partial charge in [-0.25, -0.2) is 20.0 Å². The van der Waals surface area contributed by atoms with Crippen LogP contribution in [-0.2, 0) is 5.41 Å². The van der Waals surface area contributed by atoms with E-state index in [1.807, 2.05) is 43.7 Å². The molecule has 3 heterocycles. The topological polar surface area (TPSA) is 58.7 Å². The van der Waals surface area contributed by atoms with Crippen LogP contribution in [0.5, 0.6) is 0 Å². The molecule has 1 atom stereocenters. The van der Waals surface area contributed by atoms with Gasteiger partial charge in [0, 0.05) is 52.3 Å². The third kappa shape index (κ3) is 4.94. The number of benzene rings is 6. The van der Waals surface area contributed by atoms with Gasteiger partial charge in [-0.1, -0.05) is 135 Å². The fraction of sp³-hybridized carbons (Fsp3) is 0.106. The SMILES string of the molecule is CN1C(c2ccccc2)=NC(c2cccc(-c3ccccc3)c2)=NC1c1cnc(-n2c3ccccc3c3cc4c(cc32)C(C)(C)c2ccccc2-4)nc1. The molecule has 0 saturated heterocycles. The van der Waals surface area contributed by atoms with Gasteiger partial charge in [0.15, 0.2) is 12.0 Å². The van der Waals surface area contributed by atoms with Gasteiger partial charge in [-0.3, -0.25) is 4.57 Å². The van der Waals surface area contributed by atoms with Gasteiger partial charge >= 0.3 is 0 Å². The van der Waals surface area contributed by atoms with Gasteiger partial charge in [-0.2, -0.15) is 0 Å². The summed E-state index contributed by atoms with van der Waals surface area (Å²) in [6, 6.07) is 51.2. The number of hydrogen-bond acceptors (Lipinski definition) is 5. The van der Waals surface area contributed by atoms with E-state index in [-0.39, 0.29) is 11.6 Å². The zero-order valence-corrected chi connectivity index (χ0v) is 29.8. The molecule has 6 nitrogen and oxygen atoms in total. The van der Waals surface area contributed by atoms with Crippen molar-refractivity contribution in [2.24, 2.45) is 9.98 Å². The molecular weight excluding hydrogens is 649 g/mol. The summed E-state index contributed by atoms with van der Waals surface area (Å²) >= 11 is 0. The minimum atomic E-state index is -0.382. The first-order valence-electron chi connectivity index (χ1n) is 18.1. The largest absolute Gasteiger partial charge is 0.333 e. The maximum Gasteiger partial charge on any atom is 0.234 e. The number of rotatable bonds is 5. The maximum atomic E-state index is 5.25. The van der Waals surface area contributed by atoms with E-state index < -0.39 is 0 Å². The highest BCUT2D eigenvalue weighted by molar-refractivity contribution is 6.13. The third-order valence-corrected chi connectivity index (χ3v) is 10.9. The van der Waals surface area contributed by atoms with E-state index >= 15 is 0 Å². The number of aliphatic imine (C=N–C) groups is 2. The Bertz CT molecular complexity index is 2760. The monoisotopic (exact) mass is 684 g/mol. The summed E-state index contributed by atoms with van der Waals surface area (Å²) in [6.07, 6.45) is 3.47. The lowest BCUT2D eigenvalue weighted by Gasteiger charge is -2.32. The van der Waals surface area contributed by atoms with E-state index in [9.17, 15) is 0 Å². The molecule has 1 unspecified atom stereocenters. The van der Waals surface area contributed by atoms with Gasteiger partial charge in [-0.15, -0.1) is 0 Å². The van der Waals surface area contributed by atoms with Gasteiger partial charge in [0.05, 0.1) is 11.0 Å². The van der Waals surface area contributed by atoms with E-state index in [4.69, 9.17) is 20.0 Å². The Morgan fingerprint density at radius 1 is 0.547 bits per heavy atom. The lowest BCUT2D eigenvalue weighted by Crippen LogP contribution is -2.35. The highest BCUT2D eigenvalue weighted by atomic mass is 15.3. The molecule has 8 aromatic rings. The van der Waals surface area contributed by atoms with Crippen LogP contribution in [0.25, 0.3) is 50.0 Å². The Balaban J connectivity index is 1.09. The smallest absolute Gasteiger partial charge is 0.234 e. The molecule has 0 radical (unpaired) electrons. The second-order valence-electron chi connectivity index (χ2n) is 14.4. The van der Waals surface area contributed by atoms with Gasteiger partial charge in [0.25, 0.3) is 0 Å². The summed E-state index contributed by atoms with van der Waals surface area (Å²) in [5.41, 5.74) is 12.5. The van der Waals surface area contributed by atoms with Crippen molar-refractivity contribution in [2.45, 2.75) is 25.4 Å². The number of hydrogen-bond donors (Lipinski definition) is 0. The van der Waals surface area contributed by atoms with Gasteiger partial charge in [0.2, 0.25) is 5.95 Å². The maximum absolute atomic E-state index is 5.25. The average Bonchev–Trinajstić information content (AvgIpc) is 3.66. The molecule has 2 aromatic heterocycles. The van der Waals surface area contributed by atoms with Crippen molar-refractivity contribution in [2.75, 3.05) is 7.05 Å². The molecule has 0 spiro atoms. The van der Waals surface area contributed by atoms with E-state index in [0.717, 1.165) is 44.7 Å². The van der Waals surface area contributed by atoms with Crippen LogP contribution in [-0.4, -0.2) is 38.2 Å². The van der Waals surface area contributed by atoms with Gasteiger partial charge in [-0.05, 0) is 57.6 Å². The Labute approximate surface area is 308 Å². The fourth-order valence-electron chi connectivity index (χ4n) is 8.25. The molecule has 0 amide bonds. The molecule has 0 saturated carbocycles. The Hall–Kier alpha value is -6.66. The average molecular weight is 685 g/mol. The highest BCUT2D eigenvalue weighted by Crippen LogP contribution is 2.50. The molecule has 10 rings (SSSR count). The second-order valence-corrected chi connectivity index (χ2v) is 14.4. The van der Waals surface area contributed by atoms with Crippen molar-refractivity contribution in [1.82, 2.24) is 19.4 Å². The van der Waals surface area contributed by atoms with Crippen LogP contribution in [0.4, 0.5) is 0 Å². The number of nitrogens with zero attached hydrogens (tertiary/aromatic N) is 6. The van der Waals surface area contributed by atoms with E-state index in [1.165, 1.54) is 33.0 Å². The minimum Gasteiger partial charge on any atom is -0.333 e. The van der Waals surface area contributed by atoms with Crippen LogP contribution in [0.1, 0.15) is 47.8 Å². The second kappa shape index (κ2) is 12.0. The van der Waals surface area contributed by atoms with Gasteiger partial charge in [0.1, 0.15) is 5.84 Å². The lowest BCUT2D eigenvalue weighted by atomic mass is 9.82. The number of amidine groups is 2. The van der Waals surface area contributed by atoms with Crippen LogP contribution in [0.15, 0.2) is 168 Å². The summed E-state index contributed by atoms with van der Waals surface area (Å²) in [5, 5.41) is 2.38. The zero-order chi connectivity index (χ0) is 35.7. The van der Waals surface area contributed by atoms with E-state index in [1.54, 1.807) is 0 Å². The summed E-state index contributed by atoms with van der Waals surface area (Å²) < 4.78 is 2.21. The molecule has 6 heteroatoms. The Kier molecular flexibility index (Phi) is 7.02. The first-order chi connectivity index (χ1) is 26.0. The van der Waals surface area contributed by atoms with Crippen molar-refractivity contribution >= 4 is 33.5 Å². The molecule has 53 heavy (non-hydrogen) atoms. The van der Waals surface area contributed by atoms with Crippen LogP contribution in [0.2, 0.25) is 0 Å². The van der Waals surface area contributed by atoms with Crippen LogP contribution in [0, 0.1) is 0 Å². The first kappa shape index (κ1) is 31.1. The molecule has 2 aliphatic rings. The van der Waals surface area contributed by atoms with E-state index in [0.29, 0.717) is 11.8 Å². The molecular formula is C47H36N6. The van der Waals surface area contributed by atoms with Crippen molar-refractivity contribution < 1.29 is 0 Å². The Morgan fingerprint density at radius 3 is 2.00 bits per heavy atom. The molecule has 0 bridgehead atoms. The number of aromatic nitrogens is 3. The van der Waals surface area contributed by atoms with Crippen molar-refractivity contribution in [1.29, 1.82) is 0 Å². The van der Waals surface area contributed by atoms with Crippen LogP contribution in [0.3, 0.4) is 0 Å². The molecule has 1 aliphatic carbocycles. The molecule has 254 valence electrons. The van der Waals surface area contributed by atoms with E-state index in [2.05, 4.69) is 145 Å². The standard InChI is InChI=1S/C47H36N6/c1-47(2)39-23-12-10-21-35(39)37-26-38-36-22-11-13-24-41(36)53(42(38)27-40(37)47)46-48-28-34(29-49-46)45-51-43(50-44(52(45)3)31-17-8-5-9-18-31)33-20-14-19-32(25-33)30-15-6-4-7-16-30/h4-29,45H,1-3H3. The van der Waals surface area contributed by atoms with Crippen molar-refractivity contribution in [3.05, 3.63) is 186 Å². The first-order valence-corrected chi connectivity index (χ1v) is 18.1. The normalized spacial score (nSPS) is 16.0. The molecule has 1 aliphatic heterocycles.